The van der Waals surface area contributed by atoms with Gasteiger partial charge in [0.15, 0.2) is 0 Å². The summed E-state index contributed by atoms with van der Waals surface area (Å²) in [4.78, 5) is 52.5. The summed E-state index contributed by atoms with van der Waals surface area (Å²) in [6.45, 7) is 10.2. The van der Waals surface area contributed by atoms with E-state index in [2.05, 4.69) is 26.2 Å². The van der Waals surface area contributed by atoms with E-state index in [0.717, 1.165) is 15.5 Å². The lowest BCUT2D eigenvalue weighted by atomic mass is 9.87. The minimum Gasteiger partial charge on any atom is -0.494 e. The molecule has 1 N–H and O–H groups in total. The normalized spacial score (nSPS) is 15.9. The molecule has 1 aliphatic rings. The van der Waals surface area contributed by atoms with Crippen LogP contribution in [0.1, 0.15) is 63.4 Å². The van der Waals surface area contributed by atoms with E-state index in [-0.39, 0.29) is 18.3 Å². The molecular weight excluding hydrogens is 434 g/mol. The number of carbonyl (C=O) groups is 4. The Morgan fingerprint density at radius 3 is 2.18 bits per heavy atom. The first-order valence-corrected chi connectivity index (χ1v) is 11.4. The van der Waals surface area contributed by atoms with Gasteiger partial charge < -0.3 is 4.74 Å². The highest BCUT2D eigenvalue weighted by atomic mass is 16.5. The largest absolute Gasteiger partial charge is 0.494 e. The number of amides is 4. The van der Waals surface area contributed by atoms with Crippen molar-refractivity contribution in [1.29, 1.82) is 0 Å². The number of hydrazine groups is 1. The van der Waals surface area contributed by atoms with Crippen molar-refractivity contribution in [3.8, 4) is 5.75 Å². The standard InChI is InChI=1S/C26H31N3O5/c1-6-22(30)29(27-24(32)17-8-10-18(11-9-17)26(3,4)5)21-16-23(31)28(25(21)33)19-12-14-20(15-13-19)34-7-2/h8-15,21H,6-7,16H2,1-5H3,(H,27,32). The van der Waals surface area contributed by atoms with Crippen LogP contribution in [0.2, 0.25) is 0 Å². The van der Waals surface area contributed by atoms with Crippen molar-refractivity contribution in [2.75, 3.05) is 11.5 Å². The minimum atomic E-state index is -1.12. The van der Waals surface area contributed by atoms with Crippen molar-refractivity contribution in [3.05, 3.63) is 59.7 Å². The topological polar surface area (TPSA) is 96.0 Å². The summed E-state index contributed by atoms with van der Waals surface area (Å²) in [7, 11) is 0. The molecule has 1 fully saturated rings. The third-order valence-corrected chi connectivity index (χ3v) is 5.65. The van der Waals surface area contributed by atoms with E-state index < -0.39 is 29.7 Å². The number of imide groups is 1. The molecular formula is C26H31N3O5. The first-order valence-electron chi connectivity index (χ1n) is 11.4. The molecule has 8 nitrogen and oxygen atoms in total. The van der Waals surface area contributed by atoms with E-state index in [1.54, 1.807) is 43.3 Å². The van der Waals surface area contributed by atoms with Crippen molar-refractivity contribution in [1.82, 2.24) is 10.4 Å². The van der Waals surface area contributed by atoms with Crippen LogP contribution in [0.5, 0.6) is 5.75 Å². The fourth-order valence-corrected chi connectivity index (χ4v) is 3.73. The van der Waals surface area contributed by atoms with Gasteiger partial charge in [-0.2, -0.15) is 0 Å². The number of carbonyl (C=O) groups excluding carboxylic acids is 4. The SMILES string of the molecule is CCOc1ccc(N2C(=O)CC(N(NC(=O)c3ccc(C(C)(C)C)cc3)C(=O)CC)C2=O)cc1. The highest BCUT2D eigenvalue weighted by Gasteiger charge is 2.45. The van der Waals surface area contributed by atoms with E-state index >= 15 is 0 Å². The summed E-state index contributed by atoms with van der Waals surface area (Å²) in [5, 5.41) is 0.995. The summed E-state index contributed by atoms with van der Waals surface area (Å²) in [5.41, 5.74) is 4.28. The first kappa shape index (κ1) is 25.0. The number of nitrogens with zero attached hydrogens (tertiary/aromatic N) is 2. The molecule has 8 heteroatoms. The molecule has 4 amide bonds. The summed E-state index contributed by atoms with van der Waals surface area (Å²) in [6, 6.07) is 12.5. The Hall–Kier alpha value is -3.68. The van der Waals surface area contributed by atoms with Gasteiger partial charge >= 0.3 is 0 Å². The lowest BCUT2D eigenvalue weighted by Crippen LogP contribution is -2.54. The monoisotopic (exact) mass is 465 g/mol. The van der Waals surface area contributed by atoms with Gasteiger partial charge in [0.25, 0.3) is 11.8 Å². The third-order valence-electron chi connectivity index (χ3n) is 5.65. The summed E-state index contributed by atoms with van der Waals surface area (Å²) in [6.07, 6.45) is -0.161. The Morgan fingerprint density at radius 2 is 1.65 bits per heavy atom. The van der Waals surface area contributed by atoms with Crippen molar-refractivity contribution in [2.24, 2.45) is 0 Å². The molecule has 0 saturated carbocycles. The predicted molar refractivity (Wildman–Crippen MR) is 128 cm³/mol. The molecule has 34 heavy (non-hydrogen) atoms. The Bertz CT molecular complexity index is 1070. The molecule has 1 aliphatic heterocycles. The van der Waals surface area contributed by atoms with Gasteiger partial charge in [0.1, 0.15) is 11.8 Å². The van der Waals surface area contributed by atoms with Crippen molar-refractivity contribution >= 4 is 29.3 Å². The smallest absolute Gasteiger partial charge is 0.269 e. The number of benzene rings is 2. The lowest BCUT2D eigenvalue weighted by molar-refractivity contribution is -0.140. The lowest BCUT2D eigenvalue weighted by Gasteiger charge is -2.27. The van der Waals surface area contributed by atoms with Crippen molar-refractivity contribution in [3.63, 3.8) is 0 Å². The van der Waals surface area contributed by atoms with Crippen LogP contribution in [0.25, 0.3) is 0 Å². The summed E-state index contributed by atoms with van der Waals surface area (Å²) < 4.78 is 5.41. The van der Waals surface area contributed by atoms with Crippen molar-refractivity contribution < 1.29 is 23.9 Å². The number of nitrogens with one attached hydrogen (secondary N) is 1. The van der Waals surface area contributed by atoms with Gasteiger partial charge in [-0.15, -0.1) is 0 Å². The van der Waals surface area contributed by atoms with Crippen LogP contribution in [0.3, 0.4) is 0 Å². The summed E-state index contributed by atoms with van der Waals surface area (Å²) >= 11 is 0. The van der Waals surface area contributed by atoms with Gasteiger partial charge in [-0.1, -0.05) is 39.8 Å². The zero-order chi connectivity index (χ0) is 25.0. The maximum Gasteiger partial charge on any atom is 0.269 e. The Morgan fingerprint density at radius 1 is 1.03 bits per heavy atom. The van der Waals surface area contributed by atoms with Crippen LogP contribution >= 0.6 is 0 Å². The van der Waals surface area contributed by atoms with Crippen LogP contribution in [0.4, 0.5) is 5.69 Å². The molecule has 0 bridgehead atoms. The second-order valence-corrected chi connectivity index (χ2v) is 9.10. The number of hydrogen-bond acceptors (Lipinski definition) is 5. The van der Waals surface area contributed by atoms with E-state index in [1.807, 2.05) is 19.1 Å². The van der Waals surface area contributed by atoms with Crippen LogP contribution in [-0.4, -0.2) is 41.3 Å². The molecule has 2 aromatic rings. The van der Waals surface area contributed by atoms with E-state index in [4.69, 9.17) is 4.74 Å². The number of rotatable bonds is 6. The molecule has 1 atom stereocenters. The van der Waals surface area contributed by atoms with Crippen LogP contribution in [-0.2, 0) is 19.8 Å². The Labute approximate surface area is 199 Å². The minimum absolute atomic E-state index is 0.0598. The maximum atomic E-state index is 13.2. The average molecular weight is 466 g/mol. The fourth-order valence-electron chi connectivity index (χ4n) is 3.73. The van der Waals surface area contributed by atoms with E-state index in [9.17, 15) is 19.2 Å². The number of hydrogen-bond donors (Lipinski definition) is 1. The molecule has 3 rings (SSSR count). The zero-order valence-electron chi connectivity index (χ0n) is 20.3. The van der Waals surface area contributed by atoms with Gasteiger partial charge in [0.05, 0.1) is 18.7 Å². The average Bonchev–Trinajstić information content (AvgIpc) is 3.10. The highest BCUT2D eigenvalue weighted by Crippen LogP contribution is 2.27. The molecule has 1 heterocycles. The second-order valence-electron chi connectivity index (χ2n) is 9.10. The Balaban J connectivity index is 1.81. The molecule has 1 saturated heterocycles. The Kier molecular flexibility index (Phi) is 7.39. The molecule has 1 unspecified atom stereocenters. The molecule has 180 valence electrons. The molecule has 0 aromatic heterocycles. The predicted octanol–water partition coefficient (Wildman–Crippen LogP) is 3.60. The van der Waals surface area contributed by atoms with Crippen LogP contribution < -0.4 is 15.1 Å². The fraction of sp³-hybridized carbons (Fsp3) is 0.385. The van der Waals surface area contributed by atoms with Gasteiger partial charge in [-0.25, -0.2) is 9.91 Å². The van der Waals surface area contributed by atoms with Gasteiger partial charge in [0.2, 0.25) is 11.8 Å². The number of ether oxygens (including phenoxy) is 1. The van der Waals surface area contributed by atoms with E-state index in [0.29, 0.717) is 23.6 Å². The van der Waals surface area contributed by atoms with Gasteiger partial charge in [0, 0.05) is 12.0 Å². The molecule has 0 aliphatic carbocycles. The van der Waals surface area contributed by atoms with Crippen molar-refractivity contribution in [2.45, 2.75) is 58.9 Å². The molecule has 0 spiro atoms. The maximum absolute atomic E-state index is 13.2. The quantitative estimate of drug-likeness (QED) is 0.520. The second kappa shape index (κ2) is 10.1. The molecule has 2 aromatic carbocycles. The first-order chi connectivity index (χ1) is 16.1. The number of anilines is 1. The van der Waals surface area contributed by atoms with Gasteiger partial charge in [-0.3, -0.25) is 24.6 Å². The van der Waals surface area contributed by atoms with Crippen LogP contribution in [0.15, 0.2) is 48.5 Å². The third kappa shape index (κ3) is 5.27. The molecule has 0 radical (unpaired) electrons. The summed E-state index contributed by atoms with van der Waals surface area (Å²) in [5.74, 6) is -1.38. The van der Waals surface area contributed by atoms with Gasteiger partial charge in [-0.05, 0) is 54.3 Å². The zero-order valence-corrected chi connectivity index (χ0v) is 20.3. The highest BCUT2D eigenvalue weighted by molar-refractivity contribution is 6.23. The van der Waals surface area contributed by atoms with Crippen LogP contribution in [0, 0.1) is 0 Å². The van der Waals surface area contributed by atoms with E-state index in [1.165, 1.54) is 0 Å².